The molecule has 0 aliphatic heterocycles. The van der Waals surface area contributed by atoms with E-state index in [1.807, 2.05) is 16.8 Å². The molecule has 6 heteroatoms. The summed E-state index contributed by atoms with van der Waals surface area (Å²) < 4.78 is 6.98. The van der Waals surface area contributed by atoms with Crippen molar-refractivity contribution in [2.75, 3.05) is 0 Å². The molecule has 0 saturated carbocycles. The molecule has 0 amide bonds. The topological polar surface area (TPSA) is 59.6 Å². The van der Waals surface area contributed by atoms with Gasteiger partial charge in [0.15, 0.2) is 5.65 Å². The van der Waals surface area contributed by atoms with Crippen LogP contribution in [0.25, 0.3) is 22.6 Å². The lowest BCUT2D eigenvalue weighted by Gasteiger charge is -1.97. The predicted octanol–water partition coefficient (Wildman–Crippen LogP) is 3.13. The second-order valence-corrected chi connectivity index (χ2v) is 5.25. The molecule has 4 rings (SSSR count). The van der Waals surface area contributed by atoms with Crippen LogP contribution in [0.2, 0.25) is 0 Å². The Morgan fingerprint density at radius 3 is 3.16 bits per heavy atom. The molecule has 19 heavy (non-hydrogen) atoms. The van der Waals surface area contributed by atoms with Gasteiger partial charge in [0.2, 0.25) is 0 Å². The van der Waals surface area contributed by atoms with Gasteiger partial charge >= 0.3 is 0 Å². The first-order chi connectivity index (χ1) is 9.40. The number of nitrogens with one attached hydrogen (secondary N) is 1. The number of imidazole rings is 1. The second kappa shape index (κ2) is 4.10. The molecule has 0 aliphatic rings. The minimum Gasteiger partial charge on any atom is -0.472 e. The molecule has 4 aromatic heterocycles. The first kappa shape index (κ1) is 10.6. The molecule has 0 aliphatic carbocycles. The van der Waals surface area contributed by atoms with Gasteiger partial charge in [-0.05, 0) is 17.5 Å². The van der Waals surface area contributed by atoms with E-state index >= 15 is 0 Å². The summed E-state index contributed by atoms with van der Waals surface area (Å²) >= 11 is 1.72. The fraction of sp³-hybridized carbons (Fsp3) is 0.0769. The molecule has 1 N–H and O–H groups in total. The summed E-state index contributed by atoms with van der Waals surface area (Å²) in [5.74, 6) is 0.807. The highest BCUT2D eigenvalue weighted by Gasteiger charge is 2.11. The second-order valence-electron chi connectivity index (χ2n) is 4.22. The van der Waals surface area contributed by atoms with Crippen LogP contribution in [-0.4, -0.2) is 19.7 Å². The van der Waals surface area contributed by atoms with E-state index in [1.54, 1.807) is 30.1 Å². The number of fused-ring (bicyclic) bond motifs is 1. The van der Waals surface area contributed by atoms with Crippen molar-refractivity contribution in [3.63, 3.8) is 0 Å². The molecule has 94 valence electrons. The number of aromatic nitrogens is 4. The van der Waals surface area contributed by atoms with Gasteiger partial charge in [-0.15, -0.1) is 11.3 Å². The number of aromatic amines is 1. The van der Waals surface area contributed by atoms with Gasteiger partial charge in [0.1, 0.15) is 17.6 Å². The van der Waals surface area contributed by atoms with Crippen LogP contribution in [0.5, 0.6) is 0 Å². The Kier molecular flexibility index (Phi) is 2.28. The minimum atomic E-state index is 0.747. The van der Waals surface area contributed by atoms with Crippen molar-refractivity contribution < 1.29 is 4.42 Å². The Hall–Kier alpha value is -2.34. The summed E-state index contributed by atoms with van der Waals surface area (Å²) in [5, 5.41) is 6.43. The van der Waals surface area contributed by atoms with Crippen molar-refractivity contribution in [1.29, 1.82) is 0 Å². The molecule has 0 spiro atoms. The third-order valence-electron chi connectivity index (χ3n) is 2.96. The van der Waals surface area contributed by atoms with E-state index in [-0.39, 0.29) is 0 Å². The van der Waals surface area contributed by atoms with E-state index in [1.165, 1.54) is 4.88 Å². The third-order valence-corrected chi connectivity index (χ3v) is 3.82. The maximum atomic E-state index is 5.08. The number of hydrogen-bond donors (Lipinski definition) is 1. The Bertz CT molecular complexity index is 795. The van der Waals surface area contributed by atoms with Crippen LogP contribution in [0.4, 0.5) is 0 Å². The molecule has 0 atom stereocenters. The highest BCUT2D eigenvalue weighted by Crippen LogP contribution is 2.21. The molecule has 0 fully saturated rings. The van der Waals surface area contributed by atoms with E-state index in [4.69, 9.17) is 4.42 Å². The summed E-state index contributed by atoms with van der Waals surface area (Å²) in [6.45, 7) is 0.747. The highest BCUT2D eigenvalue weighted by atomic mass is 32.1. The fourth-order valence-corrected chi connectivity index (χ4v) is 2.73. The largest absolute Gasteiger partial charge is 0.472 e. The summed E-state index contributed by atoms with van der Waals surface area (Å²) in [6.07, 6.45) is 5.12. The average Bonchev–Trinajstić information content (AvgIpc) is 3.15. The standard InChI is InChI=1S/C13H10N4OS/c1-2-10(19-5-1)7-17-13-11(6-14-17)15-12(16-13)9-3-4-18-8-9/h1-6,8H,7H2,(H,15,16). The number of H-pyrrole nitrogens is 1. The highest BCUT2D eigenvalue weighted by molar-refractivity contribution is 7.09. The Morgan fingerprint density at radius 2 is 2.37 bits per heavy atom. The number of thiophene rings is 1. The molecule has 0 aromatic carbocycles. The van der Waals surface area contributed by atoms with Gasteiger partial charge in [0.25, 0.3) is 0 Å². The van der Waals surface area contributed by atoms with Crippen LogP contribution in [-0.2, 0) is 6.54 Å². The summed E-state index contributed by atoms with van der Waals surface area (Å²) in [5.41, 5.74) is 2.75. The van der Waals surface area contributed by atoms with E-state index in [0.29, 0.717) is 0 Å². The van der Waals surface area contributed by atoms with Gasteiger partial charge < -0.3 is 9.40 Å². The number of nitrogens with zero attached hydrogens (tertiary/aromatic N) is 3. The fourth-order valence-electron chi connectivity index (χ4n) is 2.05. The lowest BCUT2D eigenvalue weighted by atomic mass is 10.3. The molecular weight excluding hydrogens is 260 g/mol. The quantitative estimate of drug-likeness (QED) is 0.622. The van der Waals surface area contributed by atoms with Crippen molar-refractivity contribution in [2.24, 2.45) is 0 Å². The number of furan rings is 1. The molecule has 0 unspecified atom stereocenters. The maximum Gasteiger partial charge on any atom is 0.177 e. The Morgan fingerprint density at radius 1 is 1.37 bits per heavy atom. The van der Waals surface area contributed by atoms with E-state index in [2.05, 4.69) is 26.5 Å². The van der Waals surface area contributed by atoms with Gasteiger partial charge in [-0.3, -0.25) is 0 Å². The normalized spacial score (nSPS) is 11.4. The summed E-state index contributed by atoms with van der Waals surface area (Å²) in [7, 11) is 0. The monoisotopic (exact) mass is 270 g/mol. The molecule has 4 aromatic rings. The van der Waals surface area contributed by atoms with Gasteiger partial charge in [0, 0.05) is 4.88 Å². The molecular formula is C13H10N4OS. The summed E-state index contributed by atoms with van der Waals surface area (Å²) in [4.78, 5) is 9.09. The van der Waals surface area contributed by atoms with Crippen LogP contribution in [0.15, 0.2) is 46.7 Å². The molecule has 5 nitrogen and oxygen atoms in total. The van der Waals surface area contributed by atoms with Crippen LogP contribution in [0, 0.1) is 0 Å². The molecule has 0 saturated heterocycles. The van der Waals surface area contributed by atoms with E-state index in [0.717, 1.165) is 29.1 Å². The maximum absolute atomic E-state index is 5.08. The zero-order valence-electron chi connectivity index (χ0n) is 9.91. The van der Waals surface area contributed by atoms with Gasteiger partial charge in [0.05, 0.1) is 24.6 Å². The Labute approximate surface area is 112 Å². The SMILES string of the molecule is c1csc(Cn2ncc3[nH]c(-c4ccoc4)nc32)c1. The zero-order valence-corrected chi connectivity index (χ0v) is 10.7. The number of rotatable bonds is 3. The van der Waals surface area contributed by atoms with Gasteiger partial charge in [-0.1, -0.05) is 6.07 Å². The zero-order chi connectivity index (χ0) is 12.7. The summed E-state index contributed by atoms with van der Waals surface area (Å²) in [6, 6.07) is 6.03. The van der Waals surface area contributed by atoms with Crippen molar-refractivity contribution in [1.82, 2.24) is 19.7 Å². The van der Waals surface area contributed by atoms with E-state index in [9.17, 15) is 0 Å². The van der Waals surface area contributed by atoms with Crippen LogP contribution in [0.1, 0.15) is 4.88 Å². The van der Waals surface area contributed by atoms with Crippen molar-refractivity contribution in [3.05, 3.63) is 47.2 Å². The van der Waals surface area contributed by atoms with Gasteiger partial charge in [-0.25, -0.2) is 9.67 Å². The lowest BCUT2D eigenvalue weighted by molar-refractivity contribution is 0.568. The smallest absolute Gasteiger partial charge is 0.177 e. The predicted molar refractivity (Wildman–Crippen MR) is 73.0 cm³/mol. The molecule has 0 bridgehead atoms. The van der Waals surface area contributed by atoms with Crippen molar-refractivity contribution >= 4 is 22.5 Å². The molecule has 0 radical (unpaired) electrons. The van der Waals surface area contributed by atoms with E-state index < -0.39 is 0 Å². The van der Waals surface area contributed by atoms with Crippen molar-refractivity contribution in [3.8, 4) is 11.4 Å². The van der Waals surface area contributed by atoms with Crippen LogP contribution < -0.4 is 0 Å². The Balaban J connectivity index is 1.76. The van der Waals surface area contributed by atoms with Crippen LogP contribution in [0.3, 0.4) is 0 Å². The first-order valence-electron chi connectivity index (χ1n) is 5.86. The lowest BCUT2D eigenvalue weighted by Crippen LogP contribution is -2.00. The van der Waals surface area contributed by atoms with Crippen LogP contribution >= 0.6 is 11.3 Å². The third kappa shape index (κ3) is 1.77. The number of hydrogen-bond acceptors (Lipinski definition) is 4. The van der Waals surface area contributed by atoms with Crippen molar-refractivity contribution in [2.45, 2.75) is 6.54 Å². The van der Waals surface area contributed by atoms with Gasteiger partial charge in [-0.2, -0.15) is 5.10 Å². The first-order valence-corrected chi connectivity index (χ1v) is 6.74. The molecule has 4 heterocycles. The minimum absolute atomic E-state index is 0.747. The average molecular weight is 270 g/mol.